The lowest BCUT2D eigenvalue weighted by Gasteiger charge is -2.39. The van der Waals surface area contributed by atoms with Crippen LogP contribution in [0.2, 0.25) is 20.1 Å². The third-order valence-electron chi connectivity index (χ3n) is 10.1. The molecule has 290 valence electrons. The summed E-state index contributed by atoms with van der Waals surface area (Å²) in [7, 11) is 6.45. The fraction of sp³-hybridized carbons (Fsp3) is 0.130. The third-order valence-corrected chi connectivity index (χ3v) is 11.7. The largest absolute Gasteiger partial charge is 0.497 e. The highest BCUT2D eigenvalue weighted by atomic mass is 35.5. The van der Waals surface area contributed by atoms with Crippen LogP contribution in [0.5, 0.6) is 23.0 Å². The predicted molar refractivity (Wildman–Crippen MR) is 234 cm³/mol. The van der Waals surface area contributed by atoms with Crippen LogP contribution in [-0.2, 0) is 11.3 Å². The molecule has 58 heavy (non-hydrogen) atoms. The molecule has 0 N–H and O–H groups in total. The zero-order valence-electron chi connectivity index (χ0n) is 31.6. The monoisotopic (exact) mass is 846 g/mol. The maximum atomic E-state index is 7.33. The van der Waals surface area contributed by atoms with Crippen LogP contribution in [0.25, 0.3) is 0 Å². The van der Waals surface area contributed by atoms with E-state index in [0.29, 0.717) is 79.2 Å². The summed E-state index contributed by atoms with van der Waals surface area (Å²) in [4.78, 5) is 22.7. The van der Waals surface area contributed by atoms with Crippen LogP contribution in [0.15, 0.2) is 153 Å². The van der Waals surface area contributed by atoms with Gasteiger partial charge in [-0.05, 0) is 60.7 Å². The van der Waals surface area contributed by atoms with Gasteiger partial charge < -0.3 is 18.9 Å². The third kappa shape index (κ3) is 6.70. The SMILES string of the molecule is COc1cccc(C2=NC(c3cccc(Cl)c3Cl)(C3(c4cccc(Cl)c4Cl)N=C(c4cccc(OC)c4)C(c4cccc(OC)c4)=N3)N=C2c2cccc(OC)c2)c1. The molecule has 0 bridgehead atoms. The topological polar surface area (TPSA) is 86.4 Å². The first-order valence-electron chi connectivity index (χ1n) is 18.0. The van der Waals surface area contributed by atoms with Crippen molar-refractivity contribution in [3.63, 3.8) is 0 Å². The molecule has 0 radical (unpaired) electrons. The number of hydrogen-bond acceptors (Lipinski definition) is 8. The molecule has 8 nitrogen and oxygen atoms in total. The molecule has 0 aromatic heterocycles. The van der Waals surface area contributed by atoms with Crippen molar-refractivity contribution in [3.05, 3.63) is 187 Å². The van der Waals surface area contributed by atoms with E-state index in [1.807, 2.05) is 109 Å². The molecule has 6 aromatic carbocycles. The van der Waals surface area contributed by atoms with E-state index in [4.69, 9.17) is 85.3 Å². The number of aliphatic imine (C=N–C) groups is 4. The molecule has 0 saturated heterocycles. The second kappa shape index (κ2) is 16.0. The molecule has 0 unspecified atom stereocenters. The number of hydrogen-bond donors (Lipinski definition) is 0. The van der Waals surface area contributed by atoms with E-state index in [1.54, 1.807) is 52.7 Å². The summed E-state index contributed by atoms with van der Waals surface area (Å²) in [6.07, 6.45) is 0. The molecule has 12 heteroatoms. The highest BCUT2D eigenvalue weighted by molar-refractivity contribution is 6.56. The normalized spacial score (nSPS) is 15.2. The van der Waals surface area contributed by atoms with Crippen LogP contribution in [0, 0.1) is 0 Å². The zero-order valence-corrected chi connectivity index (χ0v) is 34.7. The molecular weight excluding hydrogens is 814 g/mol. The van der Waals surface area contributed by atoms with Gasteiger partial charge in [0.15, 0.2) is 0 Å². The van der Waals surface area contributed by atoms with Gasteiger partial charge in [0.1, 0.15) is 23.0 Å². The minimum atomic E-state index is -1.83. The Balaban J connectivity index is 1.59. The van der Waals surface area contributed by atoms with Crippen molar-refractivity contribution in [1.82, 2.24) is 0 Å². The molecular formula is C46H34Cl4N4O4. The molecule has 0 amide bonds. The standard InChI is InChI=1S/C46H34Cl4N4O4/c1-55-31-15-5-11-27(23-31)41-42(28-12-6-16-32(24-28)56-2)52-45(51-41,35-19-9-21-37(47)39(35)49)46(36-20-10-22-38(48)40(36)50)53-43(29-13-7-17-33(25-29)57-3)44(54-46)30-14-8-18-34(26-30)58-4/h5-26H,1-4H3. The summed E-state index contributed by atoms with van der Waals surface area (Å²) >= 11 is 28.5. The number of rotatable bonds is 11. The van der Waals surface area contributed by atoms with E-state index in [9.17, 15) is 0 Å². The fourth-order valence-corrected chi connectivity index (χ4v) is 8.13. The van der Waals surface area contributed by atoms with E-state index in [-0.39, 0.29) is 20.1 Å². The molecule has 2 heterocycles. The zero-order chi connectivity index (χ0) is 40.6. The van der Waals surface area contributed by atoms with Gasteiger partial charge in [0.25, 0.3) is 0 Å². The van der Waals surface area contributed by atoms with Gasteiger partial charge in [-0.25, -0.2) is 20.0 Å². The van der Waals surface area contributed by atoms with E-state index in [1.165, 1.54) is 0 Å². The van der Waals surface area contributed by atoms with Gasteiger partial charge in [-0.1, -0.05) is 119 Å². The molecule has 6 aromatic rings. The van der Waals surface area contributed by atoms with Gasteiger partial charge in [0, 0.05) is 33.4 Å². The summed E-state index contributed by atoms with van der Waals surface area (Å²) in [6.45, 7) is 0. The fourth-order valence-electron chi connectivity index (χ4n) is 7.27. The summed E-state index contributed by atoms with van der Waals surface area (Å²) < 4.78 is 22.8. The Morgan fingerprint density at radius 1 is 0.362 bits per heavy atom. The second-order valence-electron chi connectivity index (χ2n) is 13.3. The predicted octanol–water partition coefficient (Wildman–Crippen LogP) is 11.3. The van der Waals surface area contributed by atoms with Crippen LogP contribution >= 0.6 is 46.4 Å². The van der Waals surface area contributed by atoms with Crippen LogP contribution in [0.1, 0.15) is 33.4 Å². The minimum absolute atomic E-state index is 0.203. The lowest BCUT2D eigenvalue weighted by molar-refractivity contribution is 0.257. The quantitative estimate of drug-likeness (QED) is 0.130. The van der Waals surface area contributed by atoms with Crippen LogP contribution in [0.4, 0.5) is 0 Å². The highest BCUT2D eigenvalue weighted by Gasteiger charge is 2.62. The number of nitrogens with zero attached hydrogens (tertiary/aromatic N) is 4. The van der Waals surface area contributed by atoms with Crippen molar-refractivity contribution in [3.8, 4) is 23.0 Å². The molecule has 0 saturated carbocycles. The second-order valence-corrected chi connectivity index (χ2v) is 14.9. The Morgan fingerprint density at radius 2 is 0.621 bits per heavy atom. The van der Waals surface area contributed by atoms with Crippen molar-refractivity contribution < 1.29 is 18.9 Å². The Kier molecular flexibility index (Phi) is 10.8. The molecule has 8 rings (SSSR count). The van der Waals surface area contributed by atoms with Gasteiger partial charge in [-0.15, -0.1) is 0 Å². The summed E-state index contributed by atoms with van der Waals surface area (Å²) in [5.41, 5.74) is 2.03. The summed E-state index contributed by atoms with van der Waals surface area (Å²) in [5.74, 6) is 2.48. The lowest BCUT2D eigenvalue weighted by Crippen LogP contribution is -2.43. The first-order valence-corrected chi connectivity index (χ1v) is 19.5. The molecule has 0 fully saturated rings. The van der Waals surface area contributed by atoms with E-state index >= 15 is 0 Å². The Bertz CT molecular complexity index is 2400. The van der Waals surface area contributed by atoms with Crippen LogP contribution < -0.4 is 18.9 Å². The number of methoxy groups -OCH3 is 4. The lowest BCUT2D eigenvalue weighted by atomic mass is 9.82. The van der Waals surface area contributed by atoms with E-state index in [2.05, 4.69) is 0 Å². The van der Waals surface area contributed by atoms with Gasteiger partial charge >= 0.3 is 0 Å². The van der Waals surface area contributed by atoms with Crippen LogP contribution in [0.3, 0.4) is 0 Å². The maximum absolute atomic E-state index is 7.33. The van der Waals surface area contributed by atoms with E-state index < -0.39 is 11.3 Å². The summed E-state index contributed by atoms with van der Waals surface area (Å²) in [5, 5.41) is 0.963. The average molecular weight is 849 g/mol. The van der Waals surface area contributed by atoms with Crippen molar-refractivity contribution >= 4 is 69.3 Å². The number of ether oxygens (including phenoxy) is 4. The van der Waals surface area contributed by atoms with Crippen molar-refractivity contribution in [2.45, 2.75) is 11.3 Å². The molecule has 2 aliphatic heterocycles. The van der Waals surface area contributed by atoms with Gasteiger partial charge in [0.2, 0.25) is 11.3 Å². The minimum Gasteiger partial charge on any atom is -0.497 e. The molecule has 0 aliphatic carbocycles. The van der Waals surface area contributed by atoms with Crippen molar-refractivity contribution in [1.29, 1.82) is 0 Å². The Hall–Kier alpha value is -5.64. The van der Waals surface area contributed by atoms with E-state index in [0.717, 1.165) is 0 Å². The number of benzene rings is 6. The number of halogens is 4. The smallest absolute Gasteiger partial charge is 0.227 e. The highest BCUT2D eigenvalue weighted by Crippen LogP contribution is 2.58. The average Bonchev–Trinajstić information content (AvgIpc) is 3.88. The van der Waals surface area contributed by atoms with Gasteiger partial charge in [0.05, 0.1) is 71.4 Å². The van der Waals surface area contributed by atoms with Gasteiger partial charge in [-0.3, -0.25) is 0 Å². The van der Waals surface area contributed by atoms with Crippen molar-refractivity contribution in [2.75, 3.05) is 28.4 Å². The molecule has 0 spiro atoms. The Labute approximate surface area is 356 Å². The summed E-state index contributed by atoms with van der Waals surface area (Å²) in [6, 6.07) is 41.0. The first kappa shape index (κ1) is 39.2. The Morgan fingerprint density at radius 3 is 0.879 bits per heavy atom. The van der Waals surface area contributed by atoms with Gasteiger partial charge in [-0.2, -0.15) is 0 Å². The van der Waals surface area contributed by atoms with Crippen LogP contribution in [-0.4, -0.2) is 51.3 Å². The van der Waals surface area contributed by atoms with Crippen molar-refractivity contribution in [2.24, 2.45) is 20.0 Å². The first-order chi connectivity index (χ1) is 28.1. The molecule has 0 atom stereocenters. The molecule has 2 aliphatic rings. The maximum Gasteiger partial charge on any atom is 0.227 e.